The number of nitrogens with zero attached hydrogens (tertiary/aromatic N) is 2. The Morgan fingerprint density at radius 1 is 1.47 bits per heavy atom. The van der Waals surface area contributed by atoms with Gasteiger partial charge in [-0.25, -0.2) is 0 Å². The summed E-state index contributed by atoms with van der Waals surface area (Å²) in [4.78, 5) is 22.6. The number of hydrogen-bond acceptors (Lipinski definition) is 5. The van der Waals surface area contributed by atoms with Crippen molar-refractivity contribution in [3.63, 3.8) is 0 Å². The van der Waals surface area contributed by atoms with Crippen molar-refractivity contribution in [2.45, 2.75) is 38.3 Å². The first kappa shape index (κ1) is 13.5. The topological polar surface area (TPSA) is 96.8 Å². The van der Waals surface area contributed by atoms with Crippen LogP contribution >= 0.6 is 0 Å². The summed E-state index contributed by atoms with van der Waals surface area (Å²) in [7, 11) is 0. The third kappa shape index (κ3) is 3.54. The molecule has 104 valence electrons. The highest BCUT2D eigenvalue weighted by atomic mass is 16.6. The fourth-order valence-electron chi connectivity index (χ4n) is 2.51. The number of carboxylic acid groups (broad SMARTS) is 1. The number of nitro groups is 1. The lowest BCUT2D eigenvalue weighted by atomic mass is 10.2. The van der Waals surface area contributed by atoms with Crippen LogP contribution in [0.4, 0.5) is 5.88 Å². The summed E-state index contributed by atoms with van der Waals surface area (Å²) in [6.45, 7) is 0.226. The van der Waals surface area contributed by atoms with E-state index >= 15 is 0 Å². The Labute approximate surface area is 110 Å². The molecule has 0 unspecified atom stereocenters. The van der Waals surface area contributed by atoms with E-state index in [1.807, 2.05) is 4.90 Å². The highest BCUT2D eigenvalue weighted by Crippen LogP contribution is 2.26. The van der Waals surface area contributed by atoms with Crippen molar-refractivity contribution < 1.29 is 19.2 Å². The van der Waals surface area contributed by atoms with Crippen LogP contribution < -0.4 is 0 Å². The lowest BCUT2D eigenvalue weighted by Crippen LogP contribution is -2.36. The molecule has 0 amide bonds. The van der Waals surface area contributed by atoms with Crippen LogP contribution in [0.15, 0.2) is 16.5 Å². The van der Waals surface area contributed by atoms with Crippen molar-refractivity contribution >= 4 is 11.9 Å². The van der Waals surface area contributed by atoms with E-state index in [0.29, 0.717) is 12.3 Å². The van der Waals surface area contributed by atoms with Gasteiger partial charge in [0.1, 0.15) is 10.7 Å². The molecule has 0 spiro atoms. The zero-order valence-electron chi connectivity index (χ0n) is 10.4. The Morgan fingerprint density at radius 3 is 2.68 bits per heavy atom. The van der Waals surface area contributed by atoms with Crippen LogP contribution in [0.1, 0.15) is 31.4 Å². The summed E-state index contributed by atoms with van der Waals surface area (Å²) in [5.41, 5.74) is 0. The maximum Gasteiger partial charge on any atom is 0.433 e. The van der Waals surface area contributed by atoms with Crippen molar-refractivity contribution in [1.29, 1.82) is 0 Å². The molecule has 0 radical (unpaired) electrons. The second kappa shape index (κ2) is 5.83. The van der Waals surface area contributed by atoms with E-state index in [-0.39, 0.29) is 18.5 Å². The van der Waals surface area contributed by atoms with Gasteiger partial charge in [0.25, 0.3) is 0 Å². The molecule has 7 heteroatoms. The molecule has 1 fully saturated rings. The lowest BCUT2D eigenvalue weighted by Gasteiger charge is -2.25. The number of hydrogen-bond donors (Lipinski definition) is 1. The highest BCUT2D eigenvalue weighted by molar-refractivity contribution is 5.69. The van der Waals surface area contributed by atoms with Gasteiger partial charge in [0.15, 0.2) is 0 Å². The van der Waals surface area contributed by atoms with Crippen molar-refractivity contribution in [1.82, 2.24) is 4.90 Å². The molecule has 0 saturated heterocycles. The standard InChI is InChI=1S/C12H16N2O5/c15-12(16)8-13(9-3-1-2-4-9)7-10-5-6-11(19-10)14(17)18/h5-6,9H,1-4,7-8H2,(H,15,16). The molecule has 1 aromatic rings. The van der Waals surface area contributed by atoms with E-state index < -0.39 is 10.9 Å². The molecule has 1 aliphatic rings. The summed E-state index contributed by atoms with van der Waals surface area (Å²) >= 11 is 0. The van der Waals surface area contributed by atoms with Crippen LogP contribution in [0.3, 0.4) is 0 Å². The van der Waals surface area contributed by atoms with Gasteiger partial charge in [-0.2, -0.15) is 0 Å². The molecule has 1 heterocycles. The minimum atomic E-state index is -0.895. The molecule has 19 heavy (non-hydrogen) atoms. The SMILES string of the molecule is O=C(O)CN(Cc1ccc([N+](=O)[O-])o1)C1CCCC1. The van der Waals surface area contributed by atoms with Gasteiger partial charge in [-0.05, 0) is 18.9 Å². The minimum absolute atomic E-state index is 0.0703. The molecule has 1 saturated carbocycles. The van der Waals surface area contributed by atoms with Crippen LogP contribution in [0, 0.1) is 10.1 Å². The zero-order valence-corrected chi connectivity index (χ0v) is 10.4. The first-order valence-electron chi connectivity index (χ1n) is 6.25. The summed E-state index contributed by atoms with van der Waals surface area (Å²) in [5, 5.41) is 19.5. The van der Waals surface area contributed by atoms with Gasteiger partial charge in [0.05, 0.1) is 19.2 Å². The quantitative estimate of drug-likeness (QED) is 0.626. The molecule has 7 nitrogen and oxygen atoms in total. The molecule has 2 rings (SSSR count). The van der Waals surface area contributed by atoms with E-state index in [4.69, 9.17) is 9.52 Å². The molecule has 0 aromatic carbocycles. The Morgan fingerprint density at radius 2 is 2.16 bits per heavy atom. The van der Waals surface area contributed by atoms with Crippen LogP contribution in [0.2, 0.25) is 0 Å². The Kier molecular flexibility index (Phi) is 4.16. The summed E-state index contributed by atoms with van der Waals surface area (Å²) in [5.74, 6) is -0.774. The molecule has 1 aliphatic carbocycles. The second-order valence-electron chi connectivity index (χ2n) is 4.73. The Bertz CT molecular complexity index is 464. The fraction of sp³-hybridized carbons (Fsp3) is 0.583. The van der Waals surface area contributed by atoms with Gasteiger partial charge < -0.3 is 9.52 Å². The molecule has 1 aromatic heterocycles. The third-order valence-electron chi connectivity index (χ3n) is 3.37. The van der Waals surface area contributed by atoms with E-state index in [1.54, 1.807) is 0 Å². The van der Waals surface area contributed by atoms with E-state index in [0.717, 1.165) is 25.7 Å². The average Bonchev–Trinajstić information content (AvgIpc) is 2.98. The van der Waals surface area contributed by atoms with E-state index in [2.05, 4.69) is 0 Å². The second-order valence-corrected chi connectivity index (χ2v) is 4.73. The number of carboxylic acids is 1. The minimum Gasteiger partial charge on any atom is -0.480 e. The highest BCUT2D eigenvalue weighted by Gasteiger charge is 2.25. The van der Waals surface area contributed by atoms with Crippen LogP contribution in [0.25, 0.3) is 0 Å². The number of rotatable bonds is 6. The number of carbonyl (C=O) groups is 1. The number of furan rings is 1. The smallest absolute Gasteiger partial charge is 0.433 e. The molecule has 0 atom stereocenters. The zero-order chi connectivity index (χ0) is 13.8. The molecular weight excluding hydrogens is 252 g/mol. The largest absolute Gasteiger partial charge is 0.480 e. The number of aliphatic carboxylic acids is 1. The third-order valence-corrected chi connectivity index (χ3v) is 3.37. The van der Waals surface area contributed by atoms with Gasteiger partial charge in [0, 0.05) is 6.04 Å². The monoisotopic (exact) mass is 268 g/mol. The Hall–Kier alpha value is -1.89. The van der Waals surface area contributed by atoms with E-state index in [9.17, 15) is 14.9 Å². The molecule has 0 aliphatic heterocycles. The maximum absolute atomic E-state index is 10.9. The van der Waals surface area contributed by atoms with Gasteiger partial charge >= 0.3 is 11.9 Å². The van der Waals surface area contributed by atoms with Gasteiger partial charge in [-0.3, -0.25) is 19.8 Å². The fourth-order valence-corrected chi connectivity index (χ4v) is 2.51. The molecule has 1 N–H and O–H groups in total. The van der Waals surface area contributed by atoms with E-state index in [1.165, 1.54) is 12.1 Å². The average molecular weight is 268 g/mol. The summed E-state index contributed by atoms with van der Waals surface area (Å²) in [6.07, 6.45) is 4.13. The van der Waals surface area contributed by atoms with Crippen LogP contribution in [-0.2, 0) is 11.3 Å². The first-order chi connectivity index (χ1) is 9.06. The van der Waals surface area contributed by atoms with Crippen LogP contribution in [-0.4, -0.2) is 33.5 Å². The van der Waals surface area contributed by atoms with Crippen molar-refractivity contribution in [2.75, 3.05) is 6.54 Å². The molecule has 0 bridgehead atoms. The van der Waals surface area contributed by atoms with Crippen molar-refractivity contribution in [3.8, 4) is 0 Å². The molecular formula is C12H16N2O5. The predicted octanol–water partition coefficient (Wildman–Crippen LogP) is 2.02. The first-order valence-corrected chi connectivity index (χ1v) is 6.25. The van der Waals surface area contributed by atoms with Gasteiger partial charge in [-0.1, -0.05) is 12.8 Å². The van der Waals surface area contributed by atoms with Gasteiger partial charge in [0.2, 0.25) is 0 Å². The van der Waals surface area contributed by atoms with Gasteiger partial charge in [-0.15, -0.1) is 0 Å². The predicted molar refractivity (Wildman–Crippen MR) is 65.7 cm³/mol. The van der Waals surface area contributed by atoms with Crippen molar-refractivity contribution in [3.05, 3.63) is 28.0 Å². The normalized spacial score (nSPS) is 16.1. The maximum atomic E-state index is 10.9. The Balaban J connectivity index is 2.05. The van der Waals surface area contributed by atoms with Crippen LogP contribution in [0.5, 0.6) is 0 Å². The lowest BCUT2D eigenvalue weighted by molar-refractivity contribution is -0.402. The summed E-state index contributed by atoms with van der Waals surface area (Å²) < 4.78 is 5.08. The summed E-state index contributed by atoms with van der Waals surface area (Å²) in [6, 6.07) is 3.05. The van der Waals surface area contributed by atoms with Crippen molar-refractivity contribution in [2.24, 2.45) is 0 Å².